The molecule has 1 aliphatic heterocycles. The SMILES string of the molecule is CCCCC(NC(=O)c1ccccc1Oc1ccc(N2CCCC2)cc1)C(=O)CNS(=O)(=O)c1ccccc1. The summed E-state index contributed by atoms with van der Waals surface area (Å²) in [7, 11) is -3.85. The summed E-state index contributed by atoms with van der Waals surface area (Å²) < 4.78 is 33.5. The van der Waals surface area contributed by atoms with Gasteiger partial charge in [-0.25, -0.2) is 13.1 Å². The number of rotatable bonds is 13. The van der Waals surface area contributed by atoms with Gasteiger partial charge in [-0.1, -0.05) is 50.1 Å². The molecule has 1 saturated heterocycles. The fraction of sp³-hybridized carbons (Fsp3) is 0.333. The normalized spacial score (nSPS) is 14.1. The van der Waals surface area contributed by atoms with Gasteiger partial charge in [-0.15, -0.1) is 0 Å². The smallest absolute Gasteiger partial charge is 0.255 e. The molecule has 0 saturated carbocycles. The number of carbonyl (C=O) groups is 2. The Kier molecular flexibility index (Phi) is 9.73. The standard InChI is InChI=1S/C30H35N3O5S/c1-2-3-14-27(28(34)22-31-39(36,37)25-11-5-4-6-12-25)32-30(35)26-13-7-8-15-29(26)38-24-18-16-23(17-19-24)33-20-9-10-21-33/h4-8,11-13,15-19,27,31H,2-3,9-10,14,20-22H2,1H3,(H,32,35). The van der Waals surface area contributed by atoms with E-state index < -0.39 is 34.3 Å². The molecular formula is C30H35N3O5S. The predicted octanol–water partition coefficient (Wildman–Crippen LogP) is 4.92. The van der Waals surface area contributed by atoms with Crippen molar-refractivity contribution in [3.63, 3.8) is 0 Å². The third-order valence-electron chi connectivity index (χ3n) is 6.70. The molecule has 1 heterocycles. The summed E-state index contributed by atoms with van der Waals surface area (Å²) in [5.41, 5.74) is 1.44. The second kappa shape index (κ2) is 13.4. The second-order valence-electron chi connectivity index (χ2n) is 9.56. The van der Waals surface area contributed by atoms with Crippen molar-refractivity contribution in [3.8, 4) is 11.5 Å². The van der Waals surface area contributed by atoms with Gasteiger partial charge in [0.2, 0.25) is 10.0 Å². The topological polar surface area (TPSA) is 105 Å². The van der Waals surface area contributed by atoms with Crippen molar-refractivity contribution >= 4 is 27.4 Å². The Morgan fingerprint density at radius 3 is 2.28 bits per heavy atom. The van der Waals surface area contributed by atoms with E-state index in [2.05, 4.69) is 14.9 Å². The number of anilines is 1. The van der Waals surface area contributed by atoms with Crippen LogP contribution in [-0.2, 0) is 14.8 Å². The predicted molar refractivity (Wildman–Crippen MR) is 152 cm³/mol. The van der Waals surface area contributed by atoms with E-state index in [4.69, 9.17) is 4.74 Å². The van der Waals surface area contributed by atoms with Crippen LogP contribution in [0, 0.1) is 0 Å². The van der Waals surface area contributed by atoms with Crippen LogP contribution >= 0.6 is 0 Å². The lowest BCUT2D eigenvalue weighted by atomic mass is 10.0. The number of hydrogen-bond donors (Lipinski definition) is 2. The van der Waals surface area contributed by atoms with Crippen LogP contribution in [-0.4, -0.2) is 45.8 Å². The number of benzene rings is 3. The minimum Gasteiger partial charge on any atom is -0.457 e. The summed E-state index contributed by atoms with van der Waals surface area (Å²) in [6.07, 6.45) is 4.31. The van der Waals surface area contributed by atoms with Crippen molar-refractivity contribution < 1.29 is 22.7 Å². The van der Waals surface area contributed by atoms with E-state index >= 15 is 0 Å². The number of sulfonamides is 1. The van der Waals surface area contributed by atoms with Crippen LogP contribution in [0.15, 0.2) is 83.8 Å². The van der Waals surface area contributed by atoms with Crippen molar-refractivity contribution in [1.82, 2.24) is 10.0 Å². The van der Waals surface area contributed by atoms with Gasteiger partial charge in [0.25, 0.3) is 5.91 Å². The van der Waals surface area contributed by atoms with Gasteiger partial charge in [0.1, 0.15) is 11.5 Å². The first-order valence-electron chi connectivity index (χ1n) is 13.4. The maximum absolute atomic E-state index is 13.3. The van der Waals surface area contributed by atoms with Crippen LogP contribution in [0.25, 0.3) is 0 Å². The number of unbranched alkanes of at least 4 members (excludes halogenated alkanes) is 1. The number of nitrogens with zero attached hydrogens (tertiary/aromatic N) is 1. The Labute approximate surface area is 230 Å². The molecule has 2 N–H and O–H groups in total. The maximum atomic E-state index is 13.3. The van der Waals surface area contributed by atoms with Crippen LogP contribution < -0.4 is 19.7 Å². The first kappa shape index (κ1) is 28.3. The third kappa shape index (κ3) is 7.68. The number of carbonyl (C=O) groups excluding carboxylic acids is 2. The molecule has 0 aromatic heterocycles. The largest absolute Gasteiger partial charge is 0.457 e. The molecule has 3 aromatic rings. The summed E-state index contributed by atoms with van der Waals surface area (Å²) >= 11 is 0. The van der Waals surface area contributed by atoms with Gasteiger partial charge in [-0.2, -0.15) is 0 Å². The molecule has 0 spiro atoms. The van der Waals surface area contributed by atoms with Gasteiger partial charge >= 0.3 is 0 Å². The van der Waals surface area contributed by atoms with Crippen LogP contribution in [0.3, 0.4) is 0 Å². The van der Waals surface area contributed by atoms with E-state index in [0.717, 1.165) is 25.2 Å². The Balaban J connectivity index is 1.43. The van der Waals surface area contributed by atoms with Gasteiger partial charge in [0, 0.05) is 18.8 Å². The lowest BCUT2D eigenvalue weighted by Crippen LogP contribution is -2.45. The van der Waals surface area contributed by atoms with Crippen molar-refractivity contribution in [1.29, 1.82) is 0 Å². The molecule has 3 aromatic carbocycles. The van der Waals surface area contributed by atoms with Crippen LogP contribution in [0.4, 0.5) is 5.69 Å². The third-order valence-corrected chi connectivity index (χ3v) is 8.11. The molecule has 0 aliphatic carbocycles. The Morgan fingerprint density at radius 2 is 1.59 bits per heavy atom. The van der Waals surface area contributed by atoms with Gasteiger partial charge < -0.3 is 15.0 Å². The van der Waals surface area contributed by atoms with Crippen LogP contribution in [0.2, 0.25) is 0 Å². The first-order valence-corrected chi connectivity index (χ1v) is 14.9. The lowest BCUT2D eigenvalue weighted by Gasteiger charge is -2.20. The second-order valence-corrected chi connectivity index (χ2v) is 11.3. The summed E-state index contributed by atoms with van der Waals surface area (Å²) in [5.74, 6) is 0.106. The molecule has 9 heteroatoms. The molecule has 206 valence electrons. The van der Waals surface area contributed by atoms with E-state index in [9.17, 15) is 18.0 Å². The molecule has 1 atom stereocenters. The molecule has 39 heavy (non-hydrogen) atoms. The lowest BCUT2D eigenvalue weighted by molar-refractivity contribution is -0.120. The van der Waals surface area contributed by atoms with Gasteiger partial charge in [-0.05, 0) is 67.8 Å². The molecular weight excluding hydrogens is 514 g/mol. The minimum absolute atomic E-state index is 0.0754. The van der Waals surface area contributed by atoms with E-state index in [1.54, 1.807) is 42.5 Å². The van der Waals surface area contributed by atoms with E-state index in [1.807, 2.05) is 31.2 Å². The van der Waals surface area contributed by atoms with Crippen LogP contribution in [0.1, 0.15) is 49.4 Å². The van der Waals surface area contributed by atoms with Crippen LogP contribution in [0.5, 0.6) is 11.5 Å². The molecule has 1 aliphatic rings. The quantitative estimate of drug-likeness (QED) is 0.314. The highest BCUT2D eigenvalue weighted by molar-refractivity contribution is 7.89. The minimum atomic E-state index is -3.85. The Bertz CT molecular complexity index is 1350. The van der Waals surface area contributed by atoms with Crippen molar-refractivity contribution in [3.05, 3.63) is 84.4 Å². The molecule has 8 nitrogen and oxygen atoms in total. The van der Waals surface area contributed by atoms with Gasteiger partial charge in [0.05, 0.1) is 23.0 Å². The number of para-hydroxylation sites is 1. The summed E-state index contributed by atoms with van der Waals surface area (Å²) in [6.45, 7) is 3.66. The van der Waals surface area contributed by atoms with E-state index in [0.29, 0.717) is 29.9 Å². The van der Waals surface area contributed by atoms with E-state index in [-0.39, 0.29) is 4.90 Å². The van der Waals surface area contributed by atoms with Crippen molar-refractivity contribution in [2.24, 2.45) is 0 Å². The van der Waals surface area contributed by atoms with Gasteiger partial charge in [0.15, 0.2) is 5.78 Å². The fourth-order valence-corrected chi connectivity index (χ4v) is 5.52. The zero-order valence-electron chi connectivity index (χ0n) is 22.1. The molecule has 1 fully saturated rings. The maximum Gasteiger partial charge on any atom is 0.255 e. The molecule has 0 bridgehead atoms. The monoisotopic (exact) mass is 549 g/mol. The van der Waals surface area contributed by atoms with Crippen molar-refractivity contribution in [2.45, 2.75) is 50.0 Å². The zero-order valence-corrected chi connectivity index (χ0v) is 23.0. The number of nitrogens with one attached hydrogen (secondary N) is 2. The molecule has 4 rings (SSSR count). The number of hydrogen-bond acceptors (Lipinski definition) is 6. The highest BCUT2D eigenvalue weighted by Crippen LogP contribution is 2.28. The molecule has 1 unspecified atom stereocenters. The summed E-state index contributed by atoms with van der Waals surface area (Å²) in [5, 5.41) is 2.81. The Morgan fingerprint density at radius 1 is 0.923 bits per heavy atom. The molecule has 1 amide bonds. The van der Waals surface area contributed by atoms with Gasteiger partial charge in [-0.3, -0.25) is 9.59 Å². The highest BCUT2D eigenvalue weighted by Gasteiger charge is 2.24. The molecule has 0 radical (unpaired) electrons. The first-order chi connectivity index (χ1) is 18.9. The average Bonchev–Trinajstić information content (AvgIpc) is 3.50. The average molecular weight is 550 g/mol. The van der Waals surface area contributed by atoms with Crippen molar-refractivity contribution in [2.75, 3.05) is 24.5 Å². The number of Topliss-reactive ketones (excluding diaryl/α,β-unsaturated/α-hetero) is 1. The summed E-state index contributed by atoms with van der Waals surface area (Å²) in [6, 6.07) is 21.7. The number of ether oxygens (including phenoxy) is 1. The van der Waals surface area contributed by atoms with E-state index in [1.165, 1.54) is 25.0 Å². The zero-order chi connectivity index (χ0) is 27.7. The highest BCUT2D eigenvalue weighted by atomic mass is 32.2. The summed E-state index contributed by atoms with van der Waals surface area (Å²) in [4.78, 5) is 28.7. The number of ketones is 1. The fourth-order valence-electron chi connectivity index (χ4n) is 4.50. The number of amides is 1. The Hall–Kier alpha value is -3.69.